The molecule has 2 N–H and O–H groups in total. The molecule has 8 heteroatoms. The number of carboxylic acid groups (broad SMARTS) is 1. The normalized spacial score (nSPS) is 11.1. The molecule has 1 aromatic heterocycles. The standard InChI is InChI=1S/C13H13NO5S2/c1-8-7-9(3-4-11(8)19-2)21(17,18)14-10-5-6-20-12(10)13(15)16/h3-7,14H,1-2H3,(H,15,16). The summed E-state index contributed by atoms with van der Waals surface area (Å²) in [5, 5.41) is 10.5. The van der Waals surface area contributed by atoms with Crippen molar-refractivity contribution in [3.63, 3.8) is 0 Å². The van der Waals surface area contributed by atoms with E-state index >= 15 is 0 Å². The molecule has 0 amide bonds. The number of anilines is 1. The maximum absolute atomic E-state index is 12.3. The second-order valence-corrected chi connectivity index (χ2v) is 6.80. The highest BCUT2D eigenvalue weighted by Gasteiger charge is 2.20. The average molecular weight is 327 g/mol. The number of methoxy groups -OCH3 is 1. The first-order valence-corrected chi connectivity index (χ1v) is 8.19. The molecule has 0 aliphatic heterocycles. The number of carboxylic acids is 1. The highest BCUT2D eigenvalue weighted by molar-refractivity contribution is 7.92. The number of hydrogen-bond donors (Lipinski definition) is 2. The number of aryl methyl sites for hydroxylation is 1. The van der Waals surface area contributed by atoms with Gasteiger partial charge in [-0.3, -0.25) is 4.72 Å². The highest BCUT2D eigenvalue weighted by Crippen LogP contribution is 2.27. The molecule has 0 aliphatic rings. The molecule has 0 bridgehead atoms. The van der Waals surface area contributed by atoms with Gasteiger partial charge >= 0.3 is 5.97 Å². The molecule has 0 spiro atoms. The molecular formula is C13H13NO5S2. The van der Waals surface area contributed by atoms with Crippen molar-refractivity contribution in [1.82, 2.24) is 0 Å². The lowest BCUT2D eigenvalue weighted by Crippen LogP contribution is -2.14. The minimum atomic E-state index is -3.85. The van der Waals surface area contributed by atoms with Crippen LogP contribution < -0.4 is 9.46 Å². The highest BCUT2D eigenvalue weighted by atomic mass is 32.2. The van der Waals surface area contributed by atoms with Crippen LogP contribution in [0.4, 0.5) is 5.69 Å². The summed E-state index contributed by atoms with van der Waals surface area (Å²) in [5.74, 6) is -0.593. The average Bonchev–Trinajstić information content (AvgIpc) is 2.86. The largest absolute Gasteiger partial charge is 0.496 e. The van der Waals surface area contributed by atoms with Crippen LogP contribution in [0.1, 0.15) is 15.2 Å². The van der Waals surface area contributed by atoms with E-state index in [2.05, 4.69) is 4.72 Å². The summed E-state index contributed by atoms with van der Waals surface area (Å²) in [6.07, 6.45) is 0. The van der Waals surface area contributed by atoms with Gasteiger partial charge in [0.05, 0.1) is 17.7 Å². The van der Waals surface area contributed by atoms with Crippen molar-refractivity contribution in [2.45, 2.75) is 11.8 Å². The van der Waals surface area contributed by atoms with E-state index in [9.17, 15) is 13.2 Å². The summed E-state index contributed by atoms with van der Waals surface area (Å²) in [7, 11) is -2.35. The zero-order valence-corrected chi connectivity index (χ0v) is 12.9. The Morgan fingerprint density at radius 1 is 1.33 bits per heavy atom. The van der Waals surface area contributed by atoms with Gasteiger partial charge in [0.1, 0.15) is 10.6 Å². The fraction of sp³-hybridized carbons (Fsp3) is 0.154. The van der Waals surface area contributed by atoms with Crippen molar-refractivity contribution >= 4 is 33.0 Å². The van der Waals surface area contributed by atoms with Crippen LogP contribution in [0.15, 0.2) is 34.5 Å². The second-order valence-electron chi connectivity index (χ2n) is 4.21. The van der Waals surface area contributed by atoms with Gasteiger partial charge in [-0.25, -0.2) is 13.2 Å². The molecule has 0 radical (unpaired) electrons. The Morgan fingerprint density at radius 3 is 2.62 bits per heavy atom. The number of carbonyl (C=O) groups is 1. The molecule has 0 saturated carbocycles. The van der Waals surface area contributed by atoms with Gasteiger partial charge in [-0.2, -0.15) is 0 Å². The predicted molar refractivity (Wildman–Crippen MR) is 79.8 cm³/mol. The van der Waals surface area contributed by atoms with Crippen LogP contribution in [0.5, 0.6) is 5.75 Å². The Kier molecular flexibility index (Phi) is 4.19. The van der Waals surface area contributed by atoms with Crippen molar-refractivity contribution in [1.29, 1.82) is 0 Å². The summed E-state index contributed by atoms with van der Waals surface area (Å²) in [5.41, 5.74) is 0.727. The number of rotatable bonds is 5. The molecular weight excluding hydrogens is 314 g/mol. The van der Waals surface area contributed by atoms with Gasteiger partial charge < -0.3 is 9.84 Å². The van der Waals surface area contributed by atoms with Crippen LogP contribution >= 0.6 is 11.3 Å². The van der Waals surface area contributed by atoms with Crippen LogP contribution in [-0.4, -0.2) is 26.6 Å². The van der Waals surface area contributed by atoms with Gasteiger partial charge in [0.25, 0.3) is 10.0 Å². The lowest BCUT2D eigenvalue weighted by atomic mass is 10.2. The van der Waals surface area contributed by atoms with E-state index < -0.39 is 16.0 Å². The van der Waals surface area contributed by atoms with E-state index in [4.69, 9.17) is 9.84 Å². The molecule has 0 fully saturated rings. The first kappa shape index (κ1) is 15.3. The van der Waals surface area contributed by atoms with E-state index in [1.54, 1.807) is 13.0 Å². The van der Waals surface area contributed by atoms with Crippen LogP contribution in [0.25, 0.3) is 0 Å². The van der Waals surface area contributed by atoms with E-state index in [0.717, 1.165) is 11.3 Å². The number of sulfonamides is 1. The molecule has 2 rings (SSSR count). The second kappa shape index (κ2) is 5.74. The minimum Gasteiger partial charge on any atom is -0.496 e. The first-order valence-electron chi connectivity index (χ1n) is 5.83. The minimum absolute atomic E-state index is 0.0448. The molecule has 21 heavy (non-hydrogen) atoms. The Labute approximate surface area is 126 Å². The lowest BCUT2D eigenvalue weighted by Gasteiger charge is -2.10. The number of aromatic carboxylic acids is 1. The molecule has 1 aromatic carbocycles. The molecule has 0 atom stereocenters. The third kappa shape index (κ3) is 3.17. The monoisotopic (exact) mass is 327 g/mol. The van der Waals surface area contributed by atoms with Crippen LogP contribution in [-0.2, 0) is 10.0 Å². The summed E-state index contributed by atoms with van der Waals surface area (Å²) < 4.78 is 31.9. The number of benzene rings is 1. The zero-order chi connectivity index (χ0) is 15.6. The molecule has 112 valence electrons. The lowest BCUT2D eigenvalue weighted by molar-refractivity contribution is 0.0703. The number of thiophene rings is 1. The Hall–Kier alpha value is -2.06. The van der Waals surface area contributed by atoms with E-state index in [0.29, 0.717) is 11.3 Å². The van der Waals surface area contributed by atoms with Gasteiger partial charge in [-0.05, 0) is 42.1 Å². The van der Waals surface area contributed by atoms with Crippen LogP contribution in [0.2, 0.25) is 0 Å². The van der Waals surface area contributed by atoms with Crippen molar-refractivity contribution in [3.05, 3.63) is 40.1 Å². The maximum Gasteiger partial charge on any atom is 0.348 e. The zero-order valence-electron chi connectivity index (χ0n) is 11.3. The van der Waals surface area contributed by atoms with Crippen LogP contribution in [0.3, 0.4) is 0 Å². The fourth-order valence-corrected chi connectivity index (χ4v) is 3.69. The number of ether oxygens (including phenoxy) is 1. The Balaban J connectivity index is 2.36. The molecule has 0 saturated heterocycles. The summed E-state index contributed by atoms with van der Waals surface area (Å²) >= 11 is 0.956. The number of nitrogens with one attached hydrogen (secondary N) is 1. The van der Waals surface area contributed by atoms with Gasteiger partial charge in [0, 0.05) is 0 Å². The quantitative estimate of drug-likeness (QED) is 0.880. The predicted octanol–water partition coefficient (Wildman–Crippen LogP) is 2.56. The SMILES string of the molecule is COc1ccc(S(=O)(=O)Nc2ccsc2C(=O)O)cc1C. The van der Waals surface area contributed by atoms with Crippen LogP contribution in [0, 0.1) is 6.92 Å². The van der Waals surface area contributed by atoms with Crippen molar-refractivity contribution < 1.29 is 23.1 Å². The van der Waals surface area contributed by atoms with Crippen molar-refractivity contribution in [3.8, 4) is 5.75 Å². The smallest absolute Gasteiger partial charge is 0.348 e. The Bertz CT molecular complexity index is 780. The summed E-state index contributed by atoms with van der Waals surface area (Å²) in [6, 6.07) is 5.84. The van der Waals surface area contributed by atoms with Gasteiger partial charge in [-0.15, -0.1) is 11.3 Å². The molecule has 1 heterocycles. The fourth-order valence-electron chi connectivity index (χ4n) is 1.78. The van der Waals surface area contributed by atoms with Gasteiger partial charge in [0.15, 0.2) is 0 Å². The molecule has 6 nitrogen and oxygen atoms in total. The van der Waals surface area contributed by atoms with Crippen molar-refractivity contribution in [2.24, 2.45) is 0 Å². The maximum atomic E-state index is 12.3. The molecule has 0 unspecified atom stereocenters. The Morgan fingerprint density at radius 2 is 2.05 bits per heavy atom. The first-order chi connectivity index (χ1) is 9.85. The van der Waals surface area contributed by atoms with E-state index in [-0.39, 0.29) is 15.5 Å². The van der Waals surface area contributed by atoms with Crippen molar-refractivity contribution in [2.75, 3.05) is 11.8 Å². The van der Waals surface area contributed by atoms with Gasteiger partial charge in [0.2, 0.25) is 0 Å². The molecule has 2 aromatic rings. The number of hydrogen-bond acceptors (Lipinski definition) is 5. The third-order valence-electron chi connectivity index (χ3n) is 2.78. The van der Waals surface area contributed by atoms with E-state index in [1.807, 2.05) is 0 Å². The topological polar surface area (TPSA) is 92.7 Å². The summed E-state index contributed by atoms with van der Waals surface area (Å²) in [6.45, 7) is 1.73. The van der Waals surface area contributed by atoms with E-state index in [1.165, 1.54) is 30.7 Å². The summed E-state index contributed by atoms with van der Waals surface area (Å²) in [4.78, 5) is 11.0. The van der Waals surface area contributed by atoms with Gasteiger partial charge in [-0.1, -0.05) is 0 Å². The third-order valence-corrected chi connectivity index (χ3v) is 5.05. The molecule has 0 aliphatic carbocycles.